The van der Waals surface area contributed by atoms with Crippen LogP contribution in [0.25, 0.3) is 0 Å². The molecule has 0 fully saturated rings. The Morgan fingerprint density at radius 1 is 0.950 bits per heavy atom. The molecule has 0 saturated carbocycles. The highest BCUT2D eigenvalue weighted by Gasteiger charge is 2.34. The third kappa shape index (κ3) is 2.20. The van der Waals surface area contributed by atoms with E-state index in [1.54, 1.807) is 30.5 Å². The second-order valence-corrected chi connectivity index (χ2v) is 4.77. The minimum absolute atomic E-state index is 0.184. The predicted molar refractivity (Wildman–Crippen MR) is 74.4 cm³/mol. The smallest absolute Gasteiger partial charge is 0.261 e. The van der Waals surface area contributed by atoms with Crippen LogP contribution in [0.2, 0.25) is 0 Å². The number of fused-ring (bicyclic) bond motifs is 1. The van der Waals surface area contributed by atoms with Crippen molar-refractivity contribution in [3.05, 3.63) is 65.5 Å². The van der Waals surface area contributed by atoms with Crippen LogP contribution in [0, 0.1) is 0 Å². The topological polar surface area (TPSA) is 50.3 Å². The van der Waals surface area contributed by atoms with Crippen LogP contribution in [0.15, 0.2) is 48.8 Å². The van der Waals surface area contributed by atoms with Crippen molar-refractivity contribution >= 4 is 11.8 Å². The van der Waals surface area contributed by atoms with E-state index in [0.29, 0.717) is 17.7 Å². The second kappa shape index (κ2) is 5.25. The first kappa shape index (κ1) is 12.5. The van der Waals surface area contributed by atoms with Gasteiger partial charge in [0.05, 0.1) is 11.1 Å². The third-order valence-electron chi connectivity index (χ3n) is 3.45. The number of rotatable bonds is 4. The number of imide groups is 1. The summed E-state index contributed by atoms with van der Waals surface area (Å²) in [5, 5.41) is 0. The largest absolute Gasteiger partial charge is 0.274 e. The number of aryl methyl sites for hydroxylation is 1. The Bertz CT molecular complexity index is 618. The zero-order chi connectivity index (χ0) is 13.9. The van der Waals surface area contributed by atoms with Crippen LogP contribution in [-0.4, -0.2) is 28.2 Å². The van der Waals surface area contributed by atoms with Crippen molar-refractivity contribution in [2.45, 2.75) is 12.8 Å². The van der Waals surface area contributed by atoms with Gasteiger partial charge in [0.1, 0.15) is 0 Å². The van der Waals surface area contributed by atoms with Crippen LogP contribution in [0.3, 0.4) is 0 Å². The molecule has 0 saturated heterocycles. The standard InChI is InChI=1S/C16H14N2O2/c19-15-13-7-1-2-8-14(13)16(20)18(15)10-4-6-12-5-3-9-17-11-12/h1-3,5,7-9,11H,4,6,10H2. The van der Waals surface area contributed by atoms with E-state index in [0.717, 1.165) is 18.4 Å². The zero-order valence-electron chi connectivity index (χ0n) is 11.0. The van der Waals surface area contributed by atoms with E-state index in [1.807, 2.05) is 18.3 Å². The predicted octanol–water partition coefficient (Wildman–Crippen LogP) is 2.31. The number of nitrogens with zero attached hydrogens (tertiary/aromatic N) is 2. The fraction of sp³-hybridized carbons (Fsp3) is 0.188. The molecule has 20 heavy (non-hydrogen) atoms. The molecule has 1 aliphatic rings. The van der Waals surface area contributed by atoms with Gasteiger partial charge in [-0.15, -0.1) is 0 Å². The quantitative estimate of drug-likeness (QED) is 0.798. The SMILES string of the molecule is O=C1c2ccccc2C(=O)N1CCCc1cccnc1. The van der Waals surface area contributed by atoms with Crippen LogP contribution in [-0.2, 0) is 6.42 Å². The molecule has 0 radical (unpaired) electrons. The summed E-state index contributed by atoms with van der Waals surface area (Å²) < 4.78 is 0. The minimum atomic E-state index is -0.184. The highest BCUT2D eigenvalue weighted by molar-refractivity contribution is 6.21. The lowest BCUT2D eigenvalue weighted by atomic mass is 10.1. The highest BCUT2D eigenvalue weighted by Crippen LogP contribution is 2.22. The van der Waals surface area contributed by atoms with E-state index in [1.165, 1.54) is 4.90 Å². The summed E-state index contributed by atoms with van der Waals surface area (Å²) in [5.74, 6) is -0.367. The van der Waals surface area contributed by atoms with E-state index < -0.39 is 0 Å². The third-order valence-corrected chi connectivity index (χ3v) is 3.45. The molecule has 0 aliphatic carbocycles. The van der Waals surface area contributed by atoms with Crippen molar-refractivity contribution in [1.82, 2.24) is 9.88 Å². The van der Waals surface area contributed by atoms with Crippen LogP contribution in [0.4, 0.5) is 0 Å². The van der Waals surface area contributed by atoms with Crippen molar-refractivity contribution in [2.75, 3.05) is 6.54 Å². The van der Waals surface area contributed by atoms with Crippen LogP contribution < -0.4 is 0 Å². The summed E-state index contributed by atoms with van der Waals surface area (Å²) in [6.07, 6.45) is 5.09. The average molecular weight is 266 g/mol. The van der Waals surface area contributed by atoms with Crippen LogP contribution in [0.5, 0.6) is 0 Å². The number of carbonyl (C=O) groups is 2. The Hall–Kier alpha value is -2.49. The van der Waals surface area contributed by atoms with E-state index in [2.05, 4.69) is 4.98 Å². The van der Waals surface area contributed by atoms with E-state index in [4.69, 9.17) is 0 Å². The molecule has 2 heterocycles. The molecular weight excluding hydrogens is 252 g/mol. The maximum absolute atomic E-state index is 12.1. The van der Waals surface area contributed by atoms with Crippen molar-refractivity contribution in [3.8, 4) is 0 Å². The van der Waals surface area contributed by atoms with Gasteiger partial charge in [-0.05, 0) is 36.6 Å². The van der Waals surface area contributed by atoms with E-state index >= 15 is 0 Å². The first-order valence-corrected chi connectivity index (χ1v) is 6.61. The van der Waals surface area contributed by atoms with Crippen molar-refractivity contribution in [3.63, 3.8) is 0 Å². The number of hydrogen-bond donors (Lipinski definition) is 0. The number of hydrogen-bond acceptors (Lipinski definition) is 3. The van der Waals surface area contributed by atoms with Crippen molar-refractivity contribution in [2.24, 2.45) is 0 Å². The number of amides is 2. The summed E-state index contributed by atoms with van der Waals surface area (Å²) >= 11 is 0. The molecule has 4 nitrogen and oxygen atoms in total. The average Bonchev–Trinajstić information content (AvgIpc) is 2.74. The first-order chi connectivity index (χ1) is 9.77. The molecule has 100 valence electrons. The molecule has 2 amide bonds. The lowest BCUT2D eigenvalue weighted by Gasteiger charge is -2.13. The van der Waals surface area contributed by atoms with E-state index in [-0.39, 0.29) is 11.8 Å². The summed E-state index contributed by atoms with van der Waals surface area (Å²) in [4.78, 5) is 29.7. The molecule has 0 atom stereocenters. The Labute approximate surface area is 117 Å². The Balaban J connectivity index is 1.65. The minimum Gasteiger partial charge on any atom is -0.274 e. The van der Waals surface area contributed by atoms with Gasteiger partial charge in [-0.2, -0.15) is 0 Å². The van der Waals surface area contributed by atoms with Gasteiger partial charge in [-0.3, -0.25) is 19.5 Å². The summed E-state index contributed by atoms with van der Waals surface area (Å²) in [6.45, 7) is 0.446. The van der Waals surface area contributed by atoms with Gasteiger partial charge < -0.3 is 0 Å². The summed E-state index contributed by atoms with van der Waals surface area (Å²) in [5.41, 5.74) is 2.14. The molecule has 3 rings (SSSR count). The van der Waals surface area contributed by atoms with E-state index in [9.17, 15) is 9.59 Å². The lowest BCUT2D eigenvalue weighted by molar-refractivity contribution is 0.0652. The van der Waals surface area contributed by atoms with Gasteiger partial charge in [0.15, 0.2) is 0 Å². The normalized spacial score (nSPS) is 13.7. The molecule has 0 N–H and O–H groups in total. The summed E-state index contributed by atoms with van der Waals surface area (Å²) in [6, 6.07) is 10.9. The molecule has 0 unspecified atom stereocenters. The van der Waals surface area contributed by atoms with Crippen molar-refractivity contribution < 1.29 is 9.59 Å². The maximum Gasteiger partial charge on any atom is 0.261 e. The molecular formula is C16H14N2O2. The second-order valence-electron chi connectivity index (χ2n) is 4.77. The highest BCUT2D eigenvalue weighted by atomic mass is 16.2. The fourth-order valence-electron chi connectivity index (χ4n) is 2.43. The monoisotopic (exact) mass is 266 g/mol. The summed E-state index contributed by atoms with van der Waals surface area (Å²) in [7, 11) is 0. The Kier molecular flexibility index (Phi) is 3.29. The maximum atomic E-state index is 12.1. The first-order valence-electron chi connectivity index (χ1n) is 6.61. The van der Waals surface area contributed by atoms with Crippen LogP contribution in [0.1, 0.15) is 32.7 Å². The Morgan fingerprint density at radius 2 is 1.65 bits per heavy atom. The van der Waals surface area contributed by atoms with Gasteiger partial charge in [-0.1, -0.05) is 18.2 Å². The molecule has 0 bridgehead atoms. The molecule has 1 aromatic carbocycles. The molecule has 1 aromatic heterocycles. The zero-order valence-corrected chi connectivity index (χ0v) is 11.0. The molecule has 0 spiro atoms. The van der Waals surface area contributed by atoms with Gasteiger partial charge in [0.2, 0.25) is 0 Å². The number of pyridine rings is 1. The van der Waals surface area contributed by atoms with Gasteiger partial charge in [0.25, 0.3) is 11.8 Å². The van der Waals surface area contributed by atoms with Crippen molar-refractivity contribution in [1.29, 1.82) is 0 Å². The van der Waals surface area contributed by atoms with Gasteiger partial charge in [0, 0.05) is 18.9 Å². The van der Waals surface area contributed by atoms with Crippen LogP contribution >= 0.6 is 0 Å². The fourth-order valence-corrected chi connectivity index (χ4v) is 2.43. The Morgan fingerprint density at radius 3 is 2.25 bits per heavy atom. The molecule has 1 aliphatic heterocycles. The number of benzene rings is 1. The number of carbonyl (C=O) groups excluding carboxylic acids is 2. The van der Waals surface area contributed by atoms with Gasteiger partial charge in [-0.25, -0.2) is 0 Å². The number of aromatic nitrogens is 1. The molecule has 2 aromatic rings. The molecule has 4 heteroatoms. The lowest BCUT2D eigenvalue weighted by Crippen LogP contribution is -2.30. The van der Waals surface area contributed by atoms with Gasteiger partial charge >= 0.3 is 0 Å².